The van der Waals surface area contributed by atoms with Gasteiger partial charge in [0.1, 0.15) is 12.4 Å². The standard InChI is InChI=1S/C20H20ClN3O/c1-3-5-17-10-20(16(4-2)9-19(17)21)25-12-15-6-14(11-22)7-18(8-15)24-13-23/h6-10,24H,3-5,12H2,1-2H3. The van der Waals surface area contributed by atoms with Gasteiger partial charge in [0.25, 0.3) is 0 Å². The number of hydrogen-bond acceptors (Lipinski definition) is 4. The van der Waals surface area contributed by atoms with Crippen molar-refractivity contribution in [3.63, 3.8) is 0 Å². The zero-order valence-electron chi connectivity index (χ0n) is 14.4. The number of nitrogens with zero attached hydrogens (tertiary/aromatic N) is 2. The van der Waals surface area contributed by atoms with Gasteiger partial charge in [0.05, 0.1) is 11.6 Å². The molecule has 0 unspecified atom stereocenters. The zero-order chi connectivity index (χ0) is 18.2. The number of halogens is 1. The van der Waals surface area contributed by atoms with E-state index in [0.29, 0.717) is 17.9 Å². The van der Waals surface area contributed by atoms with Gasteiger partial charge in [0.15, 0.2) is 6.19 Å². The van der Waals surface area contributed by atoms with Gasteiger partial charge < -0.3 is 4.74 Å². The second-order valence-electron chi connectivity index (χ2n) is 5.71. The molecular formula is C20H20ClN3O. The maximum absolute atomic E-state index is 9.13. The number of rotatable bonds is 7. The van der Waals surface area contributed by atoms with E-state index in [4.69, 9.17) is 26.9 Å². The molecule has 0 aliphatic heterocycles. The van der Waals surface area contributed by atoms with Crippen molar-refractivity contribution in [1.82, 2.24) is 0 Å². The quantitative estimate of drug-likeness (QED) is 0.548. The normalized spacial score (nSPS) is 9.96. The molecule has 0 radical (unpaired) electrons. The smallest absolute Gasteiger partial charge is 0.181 e. The molecule has 4 nitrogen and oxygen atoms in total. The monoisotopic (exact) mass is 353 g/mol. The van der Waals surface area contributed by atoms with E-state index in [1.54, 1.807) is 18.2 Å². The van der Waals surface area contributed by atoms with Gasteiger partial charge in [0, 0.05) is 10.7 Å². The number of hydrogen-bond donors (Lipinski definition) is 1. The van der Waals surface area contributed by atoms with Gasteiger partial charge in [-0.05, 0) is 59.9 Å². The molecule has 0 aromatic heterocycles. The Kier molecular flexibility index (Phi) is 6.69. The van der Waals surface area contributed by atoms with Gasteiger partial charge in [-0.3, -0.25) is 5.32 Å². The van der Waals surface area contributed by atoms with E-state index in [-0.39, 0.29) is 0 Å². The highest BCUT2D eigenvalue weighted by molar-refractivity contribution is 6.31. The number of aryl methyl sites for hydroxylation is 2. The number of nitriles is 2. The van der Waals surface area contributed by atoms with Crippen LogP contribution >= 0.6 is 11.6 Å². The van der Waals surface area contributed by atoms with Crippen LogP contribution in [-0.4, -0.2) is 0 Å². The van der Waals surface area contributed by atoms with Crippen molar-refractivity contribution in [2.45, 2.75) is 39.7 Å². The van der Waals surface area contributed by atoms with Crippen LogP contribution in [0, 0.1) is 22.8 Å². The summed E-state index contributed by atoms with van der Waals surface area (Å²) in [6.07, 6.45) is 4.60. The van der Waals surface area contributed by atoms with Crippen molar-refractivity contribution in [1.29, 1.82) is 10.5 Å². The topological polar surface area (TPSA) is 68.8 Å². The fourth-order valence-electron chi connectivity index (χ4n) is 2.65. The van der Waals surface area contributed by atoms with Crippen molar-refractivity contribution in [3.05, 3.63) is 57.6 Å². The van der Waals surface area contributed by atoms with Gasteiger partial charge in [-0.25, -0.2) is 0 Å². The van der Waals surface area contributed by atoms with Gasteiger partial charge in [-0.15, -0.1) is 0 Å². The Bertz CT molecular complexity index is 834. The highest BCUT2D eigenvalue weighted by Gasteiger charge is 2.10. The van der Waals surface area contributed by atoms with E-state index in [9.17, 15) is 0 Å². The van der Waals surface area contributed by atoms with Crippen molar-refractivity contribution in [3.8, 4) is 18.0 Å². The molecule has 1 N–H and O–H groups in total. The number of benzene rings is 2. The molecular weight excluding hydrogens is 334 g/mol. The fraction of sp³-hybridized carbons (Fsp3) is 0.300. The number of ether oxygens (including phenoxy) is 1. The highest BCUT2D eigenvalue weighted by Crippen LogP contribution is 2.29. The number of nitrogens with one attached hydrogen (secondary N) is 1. The van der Waals surface area contributed by atoms with Crippen LogP contribution in [0.5, 0.6) is 5.75 Å². The minimum Gasteiger partial charge on any atom is -0.489 e. The molecule has 25 heavy (non-hydrogen) atoms. The maximum atomic E-state index is 9.13. The first-order valence-electron chi connectivity index (χ1n) is 8.24. The third kappa shape index (κ3) is 4.89. The second-order valence-corrected chi connectivity index (χ2v) is 6.12. The molecule has 0 aliphatic rings. The average molecular weight is 354 g/mol. The van der Waals surface area contributed by atoms with Crippen LogP contribution < -0.4 is 10.1 Å². The van der Waals surface area contributed by atoms with Crippen LogP contribution in [0.25, 0.3) is 0 Å². The van der Waals surface area contributed by atoms with Crippen LogP contribution in [0.15, 0.2) is 30.3 Å². The first-order chi connectivity index (χ1) is 12.1. The molecule has 0 bridgehead atoms. The van der Waals surface area contributed by atoms with E-state index in [1.807, 2.05) is 18.3 Å². The lowest BCUT2D eigenvalue weighted by molar-refractivity contribution is 0.303. The van der Waals surface area contributed by atoms with Gasteiger partial charge >= 0.3 is 0 Å². The molecule has 0 aliphatic carbocycles. The first-order valence-corrected chi connectivity index (χ1v) is 8.62. The summed E-state index contributed by atoms with van der Waals surface area (Å²) < 4.78 is 6.01. The minimum absolute atomic E-state index is 0.315. The van der Waals surface area contributed by atoms with Gasteiger partial charge in [-0.1, -0.05) is 31.9 Å². The SMILES string of the molecule is CCCc1cc(OCc2cc(C#N)cc(NC#N)c2)c(CC)cc1Cl. The van der Waals surface area contributed by atoms with Gasteiger partial charge in [0.2, 0.25) is 0 Å². The van der Waals surface area contributed by atoms with E-state index in [2.05, 4.69) is 25.2 Å². The molecule has 0 heterocycles. The van der Waals surface area contributed by atoms with Crippen molar-refractivity contribution < 1.29 is 4.74 Å². The molecule has 5 heteroatoms. The summed E-state index contributed by atoms with van der Waals surface area (Å²) in [6, 6.07) is 11.3. The molecule has 0 atom stereocenters. The predicted molar refractivity (Wildman–Crippen MR) is 99.5 cm³/mol. The lowest BCUT2D eigenvalue weighted by Gasteiger charge is -2.14. The second kappa shape index (κ2) is 8.97. The van der Waals surface area contributed by atoms with Crippen molar-refractivity contribution in [2.75, 3.05) is 5.32 Å². The van der Waals surface area contributed by atoms with E-state index in [0.717, 1.165) is 46.7 Å². The molecule has 0 amide bonds. The Hall–Kier alpha value is -2.69. The molecule has 0 saturated carbocycles. The molecule has 128 valence electrons. The third-order valence-electron chi connectivity index (χ3n) is 3.85. The Balaban J connectivity index is 2.26. The minimum atomic E-state index is 0.315. The molecule has 2 aromatic rings. The Labute approximate surface area is 153 Å². The van der Waals surface area contributed by atoms with Crippen LogP contribution in [-0.2, 0) is 19.4 Å². The van der Waals surface area contributed by atoms with Gasteiger partial charge in [-0.2, -0.15) is 10.5 Å². The van der Waals surface area contributed by atoms with Crippen molar-refractivity contribution in [2.24, 2.45) is 0 Å². The van der Waals surface area contributed by atoms with E-state index >= 15 is 0 Å². The Morgan fingerprint density at radius 2 is 1.88 bits per heavy atom. The molecule has 2 aromatic carbocycles. The molecule has 0 fully saturated rings. The largest absolute Gasteiger partial charge is 0.489 e. The lowest BCUT2D eigenvalue weighted by atomic mass is 10.0. The number of anilines is 1. The Morgan fingerprint density at radius 3 is 2.52 bits per heavy atom. The van der Waals surface area contributed by atoms with Crippen LogP contribution in [0.3, 0.4) is 0 Å². The molecule has 0 saturated heterocycles. The third-order valence-corrected chi connectivity index (χ3v) is 4.20. The average Bonchev–Trinajstić information content (AvgIpc) is 2.62. The summed E-state index contributed by atoms with van der Waals surface area (Å²) in [4.78, 5) is 0. The summed E-state index contributed by atoms with van der Waals surface area (Å²) in [5.41, 5.74) is 4.02. The summed E-state index contributed by atoms with van der Waals surface area (Å²) in [5, 5.41) is 21.2. The lowest BCUT2D eigenvalue weighted by Crippen LogP contribution is -2.01. The van der Waals surface area contributed by atoms with E-state index in [1.165, 1.54) is 0 Å². The Morgan fingerprint density at radius 1 is 1.08 bits per heavy atom. The summed E-state index contributed by atoms with van der Waals surface area (Å²) >= 11 is 6.34. The highest BCUT2D eigenvalue weighted by atomic mass is 35.5. The summed E-state index contributed by atoms with van der Waals surface area (Å²) in [7, 11) is 0. The van der Waals surface area contributed by atoms with Crippen molar-refractivity contribution >= 4 is 17.3 Å². The maximum Gasteiger partial charge on any atom is 0.181 e. The summed E-state index contributed by atoms with van der Waals surface area (Å²) in [6.45, 7) is 4.49. The van der Waals surface area contributed by atoms with E-state index < -0.39 is 0 Å². The van der Waals surface area contributed by atoms with Crippen LogP contribution in [0.4, 0.5) is 5.69 Å². The molecule has 2 rings (SSSR count). The van der Waals surface area contributed by atoms with Crippen LogP contribution in [0.2, 0.25) is 5.02 Å². The zero-order valence-corrected chi connectivity index (χ0v) is 15.2. The molecule has 0 spiro atoms. The summed E-state index contributed by atoms with van der Waals surface area (Å²) in [5.74, 6) is 0.813. The van der Waals surface area contributed by atoms with Crippen LogP contribution in [0.1, 0.15) is 42.5 Å². The first kappa shape index (κ1) is 18.6. The fourth-order valence-corrected chi connectivity index (χ4v) is 2.93. The predicted octanol–water partition coefficient (Wildman–Crippen LogP) is 5.20.